The van der Waals surface area contributed by atoms with Crippen LogP contribution in [0.3, 0.4) is 0 Å². The average molecular weight is 454 g/mol. The van der Waals surface area contributed by atoms with E-state index in [0.717, 1.165) is 30.4 Å². The number of anilines is 1. The van der Waals surface area contributed by atoms with Crippen molar-refractivity contribution < 1.29 is 23.4 Å². The summed E-state index contributed by atoms with van der Waals surface area (Å²) in [5.41, 5.74) is 0.352. The second-order valence-electron chi connectivity index (χ2n) is 6.49. The van der Waals surface area contributed by atoms with E-state index in [1.807, 2.05) is 13.0 Å². The van der Waals surface area contributed by atoms with E-state index in [-0.39, 0.29) is 34.1 Å². The maximum Gasteiger partial charge on any atom is 0.271 e. The summed E-state index contributed by atoms with van der Waals surface area (Å²) < 4.78 is 25.6. The summed E-state index contributed by atoms with van der Waals surface area (Å²) in [5, 5.41) is 33.4. The number of carbonyl (C=O) groups is 1. The predicted octanol–water partition coefficient (Wildman–Crippen LogP) is 2.11. The third-order valence-electron chi connectivity index (χ3n) is 4.31. The van der Waals surface area contributed by atoms with Gasteiger partial charge < -0.3 is 15.5 Å². The average Bonchev–Trinajstić information content (AvgIpc) is 3.17. The largest absolute Gasteiger partial charge is 0.503 e. The van der Waals surface area contributed by atoms with Crippen molar-refractivity contribution in [1.82, 2.24) is 15.3 Å². The van der Waals surface area contributed by atoms with Gasteiger partial charge in [-0.05, 0) is 19.8 Å². The number of amides is 1. The van der Waals surface area contributed by atoms with Crippen molar-refractivity contribution in [2.45, 2.75) is 45.6 Å². The van der Waals surface area contributed by atoms with Gasteiger partial charge in [0.15, 0.2) is 10.9 Å². The SMILES string of the molecule is CCCCC(Cc1c(C#N)cnc(O)c1O)NC(=O)c1csc(NS(=O)(=O)CC)n1. The van der Waals surface area contributed by atoms with Gasteiger partial charge in [-0.2, -0.15) is 5.26 Å². The van der Waals surface area contributed by atoms with E-state index in [1.54, 1.807) is 0 Å². The normalized spacial score (nSPS) is 12.2. The number of pyridine rings is 1. The Kier molecular flexibility index (Phi) is 7.96. The molecule has 12 heteroatoms. The molecule has 2 aromatic rings. The quantitative estimate of drug-likeness (QED) is 0.424. The Labute approximate surface area is 178 Å². The number of aromatic nitrogens is 2. The smallest absolute Gasteiger partial charge is 0.271 e. The van der Waals surface area contributed by atoms with Crippen LogP contribution in [0.4, 0.5) is 5.13 Å². The number of rotatable bonds is 10. The fourth-order valence-corrected chi connectivity index (χ4v) is 4.21. The number of nitrogens with zero attached hydrogens (tertiary/aromatic N) is 3. The number of thiazole rings is 1. The molecule has 0 fully saturated rings. The monoisotopic (exact) mass is 453 g/mol. The molecule has 0 radical (unpaired) electrons. The standard InChI is InChI=1S/C18H23N5O5S2/c1-3-5-6-12(7-13-11(8-19)9-20-17(26)15(13)24)21-16(25)14-10-29-18(22-14)23-30(27,28)4-2/h9-10,12,24H,3-7H2,1-2H3,(H,20,26)(H,21,25)(H,22,23). The molecular formula is C18H23N5O5S2. The van der Waals surface area contributed by atoms with Crippen molar-refractivity contribution in [2.75, 3.05) is 10.5 Å². The van der Waals surface area contributed by atoms with Crippen LogP contribution in [-0.4, -0.2) is 46.3 Å². The first-order valence-electron chi connectivity index (χ1n) is 9.27. The van der Waals surface area contributed by atoms with Crippen molar-refractivity contribution in [1.29, 1.82) is 5.26 Å². The summed E-state index contributed by atoms with van der Waals surface area (Å²) in [7, 11) is -3.50. The Balaban J connectivity index is 2.20. The maximum atomic E-state index is 12.6. The molecule has 2 heterocycles. The lowest BCUT2D eigenvalue weighted by atomic mass is 9.97. The van der Waals surface area contributed by atoms with Gasteiger partial charge in [0.05, 0.1) is 11.3 Å². The minimum absolute atomic E-state index is 0.0533. The summed E-state index contributed by atoms with van der Waals surface area (Å²) >= 11 is 0.993. The summed E-state index contributed by atoms with van der Waals surface area (Å²) in [6.45, 7) is 3.48. The highest BCUT2D eigenvalue weighted by molar-refractivity contribution is 7.92. The first kappa shape index (κ1) is 23.4. The number of carbonyl (C=O) groups excluding carboxylic acids is 1. The number of nitrogens with one attached hydrogen (secondary N) is 2. The zero-order valence-corrected chi connectivity index (χ0v) is 18.2. The Morgan fingerprint density at radius 1 is 1.37 bits per heavy atom. The molecule has 0 aromatic carbocycles. The molecule has 162 valence electrons. The van der Waals surface area contributed by atoms with Gasteiger partial charge in [-0.25, -0.2) is 18.4 Å². The lowest BCUT2D eigenvalue weighted by Crippen LogP contribution is -2.37. The van der Waals surface area contributed by atoms with Crippen LogP contribution in [0.25, 0.3) is 0 Å². The van der Waals surface area contributed by atoms with Gasteiger partial charge in [-0.3, -0.25) is 9.52 Å². The van der Waals surface area contributed by atoms with Crippen molar-refractivity contribution >= 4 is 32.4 Å². The zero-order valence-electron chi connectivity index (χ0n) is 16.5. The van der Waals surface area contributed by atoms with E-state index in [2.05, 4.69) is 20.0 Å². The van der Waals surface area contributed by atoms with E-state index in [4.69, 9.17) is 0 Å². The van der Waals surface area contributed by atoms with E-state index in [1.165, 1.54) is 12.3 Å². The minimum atomic E-state index is -3.50. The van der Waals surface area contributed by atoms with Crippen LogP contribution in [-0.2, 0) is 16.4 Å². The third kappa shape index (κ3) is 6.04. The number of aromatic hydroxyl groups is 2. The number of nitriles is 1. The van der Waals surface area contributed by atoms with Crippen LogP contribution in [0.5, 0.6) is 11.6 Å². The van der Waals surface area contributed by atoms with Crippen LogP contribution in [0.1, 0.15) is 54.7 Å². The number of unbranched alkanes of at least 4 members (excludes halogenated alkanes) is 1. The molecule has 1 unspecified atom stereocenters. The molecule has 1 amide bonds. The Morgan fingerprint density at radius 3 is 2.73 bits per heavy atom. The van der Waals surface area contributed by atoms with Crippen LogP contribution in [0, 0.1) is 11.3 Å². The molecule has 10 nitrogen and oxygen atoms in total. The highest BCUT2D eigenvalue weighted by Crippen LogP contribution is 2.30. The summed E-state index contributed by atoms with van der Waals surface area (Å²) in [4.78, 5) is 20.2. The Hall–Kier alpha value is -2.91. The number of hydrogen-bond acceptors (Lipinski definition) is 9. The molecule has 0 saturated heterocycles. The van der Waals surface area contributed by atoms with E-state index >= 15 is 0 Å². The van der Waals surface area contributed by atoms with Crippen molar-refractivity contribution in [3.8, 4) is 17.7 Å². The van der Waals surface area contributed by atoms with Crippen LogP contribution in [0.2, 0.25) is 0 Å². The minimum Gasteiger partial charge on any atom is -0.503 e. The van der Waals surface area contributed by atoms with Gasteiger partial charge in [0, 0.05) is 23.2 Å². The fraction of sp³-hybridized carbons (Fsp3) is 0.444. The van der Waals surface area contributed by atoms with Crippen molar-refractivity contribution in [2.24, 2.45) is 0 Å². The summed E-state index contributed by atoms with van der Waals surface area (Å²) in [6.07, 6.45) is 3.48. The van der Waals surface area contributed by atoms with Gasteiger partial charge >= 0.3 is 0 Å². The second-order valence-corrected chi connectivity index (χ2v) is 9.36. The van der Waals surface area contributed by atoms with E-state index in [9.17, 15) is 28.7 Å². The molecule has 0 saturated carbocycles. The molecule has 2 rings (SSSR count). The molecule has 0 aliphatic heterocycles. The number of hydrogen-bond donors (Lipinski definition) is 4. The second kappa shape index (κ2) is 10.2. The van der Waals surface area contributed by atoms with Gasteiger partial charge in [0.1, 0.15) is 11.8 Å². The predicted molar refractivity (Wildman–Crippen MR) is 112 cm³/mol. The van der Waals surface area contributed by atoms with E-state index < -0.39 is 33.6 Å². The maximum absolute atomic E-state index is 12.6. The highest BCUT2D eigenvalue weighted by atomic mass is 32.2. The first-order valence-corrected chi connectivity index (χ1v) is 11.8. The van der Waals surface area contributed by atoms with Crippen LogP contribution < -0.4 is 10.0 Å². The van der Waals surface area contributed by atoms with Crippen LogP contribution in [0.15, 0.2) is 11.6 Å². The first-order chi connectivity index (χ1) is 14.2. The van der Waals surface area contributed by atoms with Crippen LogP contribution >= 0.6 is 11.3 Å². The molecule has 2 aromatic heterocycles. The van der Waals surface area contributed by atoms with Gasteiger partial charge in [0.2, 0.25) is 10.0 Å². The van der Waals surface area contributed by atoms with E-state index in [0.29, 0.717) is 6.42 Å². The van der Waals surface area contributed by atoms with Gasteiger partial charge in [-0.1, -0.05) is 19.8 Å². The lowest BCUT2D eigenvalue weighted by molar-refractivity contribution is 0.0929. The molecule has 0 bridgehead atoms. The molecule has 0 aliphatic rings. The molecule has 4 N–H and O–H groups in total. The Bertz CT molecular complexity index is 1050. The lowest BCUT2D eigenvalue weighted by Gasteiger charge is -2.19. The molecular weight excluding hydrogens is 430 g/mol. The molecule has 1 atom stereocenters. The van der Waals surface area contributed by atoms with Gasteiger partial charge in [0.25, 0.3) is 11.8 Å². The molecule has 0 aliphatic carbocycles. The summed E-state index contributed by atoms with van der Waals surface area (Å²) in [6, 6.07) is 1.47. The summed E-state index contributed by atoms with van der Waals surface area (Å²) in [5.74, 6) is -1.70. The third-order valence-corrected chi connectivity index (χ3v) is 6.46. The molecule has 30 heavy (non-hydrogen) atoms. The zero-order chi connectivity index (χ0) is 22.3. The van der Waals surface area contributed by atoms with Crippen molar-refractivity contribution in [3.05, 3.63) is 28.4 Å². The molecule has 0 spiro atoms. The highest BCUT2D eigenvalue weighted by Gasteiger charge is 2.22. The topological polar surface area (TPSA) is 165 Å². The Morgan fingerprint density at radius 2 is 2.10 bits per heavy atom. The van der Waals surface area contributed by atoms with Crippen molar-refractivity contribution in [3.63, 3.8) is 0 Å². The number of sulfonamides is 1. The van der Waals surface area contributed by atoms with Gasteiger partial charge in [-0.15, -0.1) is 11.3 Å². The fourth-order valence-electron chi connectivity index (χ4n) is 2.64.